The minimum absolute atomic E-state index is 0.152. The van der Waals surface area contributed by atoms with Crippen molar-refractivity contribution in [3.63, 3.8) is 0 Å². The third kappa shape index (κ3) is 2.88. The lowest BCUT2D eigenvalue weighted by Crippen LogP contribution is -2.30. The Balaban J connectivity index is 2.17. The first kappa shape index (κ1) is 12.6. The smallest absolute Gasteiger partial charge is 0.282 e. The van der Waals surface area contributed by atoms with E-state index in [2.05, 4.69) is 12.2 Å². The van der Waals surface area contributed by atoms with E-state index in [0.29, 0.717) is 3.57 Å². The molecular weight excluding hydrogens is 331 g/mol. The van der Waals surface area contributed by atoms with Crippen LogP contribution in [-0.4, -0.2) is 10.5 Å². The first-order valence-corrected chi connectivity index (χ1v) is 6.80. The van der Waals surface area contributed by atoms with E-state index in [0.717, 1.165) is 5.69 Å². The highest BCUT2D eigenvalue weighted by Crippen LogP contribution is 2.33. The Morgan fingerprint density at radius 3 is 2.59 bits per heavy atom. The van der Waals surface area contributed by atoms with Crippen LogP contribution >= 0.6 is 22.6 Å². The van der Waals surface area contributed by atoms with Crippen molar-refractivity contribution in [1.29, 1.82) is 0 Å². The van der Waals surface area contributed by atoms with Crippen molar-refractivity contribution < 1.29 is 4.92 Å². The molecule has 1 aromatic carbocycles. The van der Waals surface area contributed by atoms with Crippen LogP contribution in [0, 0.1) is 13.7 Å². The molecular formula is C12H15IN2O2. The Labute approximate surface area is 114 Å². The first-order chi connectivity index (χ1) is 8.00. The maximum absolute atomic E-state index is 10.7. The molecule has 2 rings (SSSR count). The molecule has 0 atom stereocenters. The summed E-state index contributed by atoms with van der Waals surface area (Å²) in [7, 11) is 0. The summed E-state index contributed by atoms with van der Waals surface area (Å²) >= 11 is 2.01. The van der Waals surface area contributed by atoms with Gasteiger partial charge in [-0.25, -0.2) is 0 Å². The van der Waals surface area contributed by atoms with Crippen molar-refractivity contribution in [3.8, 4) is 0 Å². The maximum Gasteiger partial charge on any atom is 0.282 e. The van der Waals surface area contributed by atoms with Crippen LogP contribution in [-0.2, 0) is 0 Å². The number of hydrogen-bond acceptors (Lipinski definition) is 3. The highest BCUT2D eigenvalue weighted by atomic mass is 127. The molecule has 1 aromatic rings. The number of rotatable bonds is 3. The second-order valence-corrected chi connectivity index (χ2v) is 5.98. The molecule has 0 unspecified atom stereocenters. The number of anilines is 1. The minimum Gasteiger partial charge on any atom is -0.380 e. The lowest BCUT2D eigenvalue weighted by atomic mass is 10.0. The first-order valence-electron chi connectivity index (χ1n) is 5.72. The van der Waals surface area contributed by atoms with Crippen LogP contribution in [0.4, 0.5) is 11.4 Å². The molecule has 1 aliphatic carbocycles. The summed E-state index contributed by atoms with van der Waals surface area (Å²) in [6.45, 7) is 2.22. The van der Waals surface area contributed by atoms with Crippen molar-refractivity contribution in [3.05, 3.63) is 31.9 Å². The van der Waals surface area contributed by atoms with Crippen LogP contribution < -0.4 is 5.32 Å². The standard InChI is InChI=1S/C12H15IN2O2/c1-12(6-2-3-7-12)14-9-4-5-11(15(16)17)10(13)8-9/h4-5,8,14H,2-3,6-7H2,1H3. The number of nitrogens with zero attached hydrogens (tertiary/aromatic N) is 1. The van der Waals surface area contributed by atoms with Gasteiger partial charge in [0.15, 0.2) is 0 Å². The van der Waals surface area contributed by atoms with Gasteiger partial charge in [-0.15, -0.1) is 0 Å². The van der Waals surface area contributed by atoms with E-state index in [1.165, 1.54) is 25.7 Å². The molecule has 1 fully saturated rings. The highest BCUT2D eigenvalue weighted by Gasteiger charge is 2.28. The van der Waals surface area contributed by atoms with E-state index in [-0.39, 0.29) is 16.1 Å². The normalized spacial score (nSPS) is 18.0. The number of hydrogen-bond donors (Lipinski definition) is 1. The van der Waals surface area contributed by atoms with Gasteiger partial charge in [-0.1, -0.05) is 12.8 Å². The Bertz CT molecular complexity index is 442. The molecule has 1 saturated carbocycles. The summed E-state index contributed by atoms with van der Waals surface area (Å²) in [6.07, 6.45) is 4.85. The molecule has 0 radical (unpaired) electrons. The topological polar surface area (TPSA) is 55.2 Å². The lowest BCUT2D eigenvalue weighted by molar-refractivity contribution is -0.385. The van der Waals surface area contributed by atoms with Crippen molar-refractivity contribution in [2.45, 2.75) is 38.1 Å². The van der Waals surface area contributed by atoms with Gasteiger partial charge in [0.05, 0.1) is 8.49 Å². The van der Waals surface area contributed by atoms with Crippen LogP contribution in [0.15, 0.2) is 18.2 Å². The Kier molecular flexibility index (Phi) is 3.56. The lowest BCUT2D eigenvalue weighted by Gasteiger charge is -2.26. The summed E-state index contributed by atoms with van der Waals surface area (Å²) in [5.74, 6) is 0. The van der Waals surface area contributed by atoms with Gasteiger partial charge in [-0.2, -0.15) is 0 Å². The molecule has 0 heterocycles. The van der Waals surface area contributed by atoms with E-state index in [4.69, 9.17) is 0 Å². The van der Waals surface area contributed by atoms with Crippen molar-refractivity contribution >= 4 is 34.0 Å². The SMILES string of the molecule is CC1(Nc2ccc([N+](=O)[O-])c(I)c2)CCCC1. The second kappa shape index (κ2) is 4.80. The van der Waals surface area contributed by atoms with Crippen LogP contribution in [0.25, 0.3) is 0 Å². The minimum atomic E-state index is -0.344. The van der Waals surface area contributed by atoms with Gasteiger partial charge >= 0.3 is 0 Å². The number of nitro benzene ring substituents is 1. The largest absolute Gasteiger partial charge is 0.380 e. The molecule has 5 heteroatoms. The fourth-order valence-corrected chi connectivity index (χ4v) is 3.07. The van der Waals surface area contributed by atoms with Crippen molar-refractivity contribution in [2.24, 2.45) is 0 Å². The number of nitrogens with one attached hydrogen (secondary N) is 1. The molecule has 0 aliphatic heterocycles. The monoisotopic (exact) mass is 346 g/mol. The third-order valence-electron chi connectivity index (χ3n) is 3.30. The zero-order valence-electron chi connectivity index (χ0n) is 9.70. The van der Waals surface area contributed by atoms with E-state index in [9.17, 15) is 10.1 Å². The van der Waals surface area contributed by atoms with Crippen LogP contribution in [0.1, 0.15) is 32.6 Å². The average molecular weight is 346 g/mol. The summed E-state index contributed by atoms with van der Waals surface area (Å²) in [5.41, 5.74) is 1.30. The van der Waals surface area contributed by atoms with Gasteiger partial charge in [0.2, 0.25) is 0 Å². The van der Waals surface area contributed by atoms with Gasteiger partial charge in [-0.3, -0.25) is 10.1 Å². The summed E-state index contributed by atoms with van der Waals surface area (Å²) < 4.78 is 0.680. The zero-order chi connectivity index (χ0) is 12.5. The van der Waals surface area contributed by atoms with E-state index in [1.54, 1.807) is 12.1 Å². The predicted molar refractivity (Wildman–Crippen MR) is 76.3 cm³/mol. The molecule has 4 nitrogen and oxygen atoms in total. The molecule has 92 valence electrons. The van der Waals surface area contributed by atoms with Gasteiger partial charge in [0.25, 0.3) is 5.69 Å². The van der Waals surface area contributed by atoms with Crippen molar-refractivity contribution in [1.82, 2.24) is 0 Å². The zero-order valence-corrected chi connectivity index (χ0v) is 11.9. The maximum atomic E-state index is 10.7. The van der Waals surface area contributed by atoms with Crippen LogP contribution in [0.3, 0.4) is 0 Å². The molecule has 0 bridgehead atoms. The van der Waals surface area contributed by atoms with Crippen LogP contribution in [0.5, 0.6) is 0 Å². The van der Waals surface area contributed by atoms with Crippen molar-refractivity contribution in [2.75, 3.05) is 5.32 Å². The summed E-state index contributed by atoms with van der Waals surface area (Å²) in [5, 5.41) is 14.2. The highest BCUT2D eigenvalue weighted by molar-refractivity contribution is 14.1. The molecule has 17 heavy (non-hydrogen) atoms. The predicted octanol–water partition coefficient (Wildman–Crippen LogP) is 3.94. The van der Waals surface area contributed by atoms with Gasteiger partial charge in [0, 0.05) is 17.3 Å². The summed E-state index contributed by atoms with van der Waals surface area (Å²) in [4.78, 5) is 10.4. The number of nitro groups is 1. The van der Waals surface area contributed by atoms with Crippen LogP contribution in [0.2, 0.25) is 0 Å². The Morgan fingerprint density at radius 2 is 2.06 bits per heavy atom. The molecule has 0 amide bonds. The quantitative estimate of drug-likeness (QED) is 0.512. The second-order valence-electron chi connectivity index (χ2n) is 4.82. The molecule has 1 aliphatic rings. The van der Waals surface area contributed by atoms with E-state index < -0.39 is 0 Å². The van der Waals surface area contributed by atoms with Gasteiger partial charge in [-0.05, 0) is 54.5 Å². The molecule has 0 saturated heterocycles. The number of halogens is 1. The number of benzene rings is 1. The molecule has 0 aromatic heterocycles. The fraction of sp³-hybridized carbons (Fsp3) is 0.500. The molecule has 0 spiro atoms. The van der Waals surface area contributed by atoms with Gasteiger partial charge in [0.1, 0.15) is 0 Å². The van der Waals surface area contributed by atoms with E-state index in [1.807, 2.05) is 28.7 Å². The Hall–Kier alpha value is -0.850. The van der Waals surface area contributed by atoms with Gasteiger partial charge < -0.3 is 5.32 Å². The summed E-state index contributed by atoms with van der Waals surface area (Å²) in [6, 6.07) is 5.22. The fourth-order valence-electron chi connectivity index (χ4n) is 2.36. The van der Waals surface area contributed by atoms with E-state index >= 15 is 0 Å². The molecule has 1 N–H and O–H groups in total. The Morgan fingerprint density at radius 1 is 1.41 bits per heavy atom. The third-order valence-corrected chi connectivity index (χ3v) is 4.16. The average Bonchev–Trinajstić information content (AvgIpc) is 2.64.